The molecule has 2 aromatic rings. The molecule has 0 spiro atoms. The Morgan fingerprint density at radius 2 is 2.00 bits per heavy atom. The van der Waals surface area contributed by atoms with Gasteiger partial charge in [0.25, 0.3) is 5.91 Å². The van der Waals surface area contributed by atoms with E-state index in [-0.39, 0.29) is 24.3 Å². The van der Waals surface area contributed by atoms with E-state index in [1.165, 1.54) is 0 Å². The first-order valence-corrected chi connectivity index (χ1v) is 9.87. The van der Waals surface area contributed by atoms with Gasteiger partial charge in [0, 0.05) is 30.0 Å². The zero-order valence-corrected chi connectivity index (χ0v) is 15.8. The van der Waals surface area contributed by atoms with Crippen molar-refractivity contribution in [3.8, 4) is 6.07 Å². The lowest BCUT2D eigenvalue weighted by Gasteiger charge is -2.45. The Morgan fingerprint density at radius 1 is 1.21 bits per heavy atom. The predicted octanol–water partition coefficient (Wildman–Crippen LogP) is 1.01. The van der Waals surface area contributed by atoms with E-state index in [9.17, 15) is 14.4 Å². The van der Waals surface area contributed by atoms with E-state index in [0.717, 1.165) is 4.88 Å². The van der Waals surface area contributed by atoms with E-state index in [4.69, 9.17) is 5.26 Å². The van der Waals surface area contributed by atoms with Crippen LogP contribution in [0.3, 0.4) is 0 Å². The molecular weight excluding hydrogens is 376 g/mol. The molecule has 2 fully saturated rings. The smallest absolute Gasteiger partial charge is 0.253 e. The maximum Gasteiger partial charge on any atom is 0.253 e. The minimum Gasteiger partial charge on any atom is -0.342 e. The summed E-state index contributed by atoms with van der Waals surface area (Å²) in [5.74, 6) is -0.521. The summed E-state index contributed by atoms with van der Waals surface area (Å²) >= 11 is 1.56. The Kier molecular flexibility index (Phi) is 4.84. The van der Waals surface area contributed by atoms with Gasteiger partial charge in [-0.15, -0.1) is 11.3 Å². The number of nitriles is 1. The maximum absolute atomic E-state index is 12.8. The third-order valence-corrected chi connectivity index (χ3v) is 6.01. The fraction of sp³-hybridized carbons (Fsp3) is 0.300. The van der Waals surface area contributed by atoms with Gasteiger partial charge in [-0.25, -0.2) is 0 Å². The lowest BCUT2D eigenvalue weighted by Crippen LogP contribution is -2.70. The molecule has 2 aliphatic rings. The van der Waals surface area contributed by atoms with Gasteiger partial charge in [-0.2, -0.15) is 5.26 Å². The Labute approximate surface area is 166 Å². The molecular formula is C20H18N4O3S. The van der Waals surface area contributed by atoms with Crippen LogP contribution in [0.1, 0.15) is 20.8 Å². The van der Waals surface area contributed by atoms with Gasteiger partial charge in [0.1, 0.15) is 12.1 Å². The number of carbonyl (C=O) groups is 3. The molecule has 0 radical (unpaired) electrons. The average molecular weight is 394 g/mol. The SMILES string of the molecule is N#Cc1ccc(C(=O)N2CCN3C(=O)[C@H](Cc4cccs4)NC(=O)[C@H]3C2)cc1. The van der Waals surface area contributed by atoms with E-state index in [2.05, 4.69) is 5.32 Å². The number of nitrogens with zero attached hydrogens (tertiary/aromatic N) is 3. The van der Waals surface area contributed by atoms with Crippen molar-refractivity contribution < 1.29 is 14.4 Å². The monoisotopic (exact) mass is 394 g/mol. The number of carbonyl (C=O) groups excluding carboxylic acids is 3. The van der Waals surface area contributed by atoms with Crippen LogP contribution >= 0.6 is 11.3 Å². The molecule has 1 aromatic heterocycles. The zero-order valence-electron chi connectivity index (χ0n) is 15.0. The first-order chi connectivity index (χ1) is 13.6. The van der Waals surface area contributed by atoms with Crippen molar-refractivity contribution in [3.63, 3.8) is 0 Å². The average Bonchev–Trinajstić information content (AvgIpc) is 3.24. The number of hydrogen-bond acceptors (Lipinski definition) is 5. The van der Waals surface area contributed by atoms with Crippen LogP contribution in [0.25, 0.3) is 0 Å². The van der Waals surface area contributed by atoms with Crippen LogP contribution in [0.2, 0.25) is 0 Å². The summed E-state index contributed by atoms with van der Waals surface area (Å²) in [4.78, 5) is 42.4. The van der Waals surface area contributed by atoms with Gasteiger partial charge < -0.3 is 15.1 Å². The van der Waals surface area contributed by atoms with E-state index in [1.807, 2.05) is 23.6 Å². The van der Waals surface area contributed by atoms with Gasteiger partial charge in [0.05, 0.1) is 18.2 Å². The first kappa shape index (κ1) is 18.2. The number of piperazine rings is 2. The van der Waals surface area contributed by atoms with Crippen LogP contribution in [0.15, 0.2) is 41.8 Å². The molecule has 3 heterocycles. The largest absolute Gasteiger partial charge is 0.342 e. The summed E-state index contributed by atoms with van der Waals surface area (Å²) in [5.41, 5.74) is 0.945. The Hall–Kier alpha value is -3.18. The van der Waals surface area contributed by atoms with Crippen LogP contribution in [-0.4, -0.2) is 59.2 Å². The number of hydrogen-bond donors (Lipinski definition) is 1. The van der Waals surface area contributed by atoms with Crippen molar-refractivity contribution in [3.05, 3.63) is 57.8 Å². The molecule has 7 nitrogen and oxygen atoms in total. The molecule has 1 N–H and O–H groups in total. The van der Waals surface area contributed by atoms with Crippen molar-refractivity contribution in [1.82, 2.24) is 15.1 Å². The molecule has 2 saturated heterocycles. The standard InChI is InChI=1S/C20H18N4O3S/c21-11-13-3-5-14(6-4-13)19(26)23-7-8-24-17(12-23)18(25)22-16(20(24)27)10-15-2-1-9-28-15/h1-6,9,16-17H,7-8,10,12H2,(H,22,25)/t16-,17+/m0/s1. The highest BCUT2D eigenvalue weighted by atomic mass is 32.1. The predicted molar refractivity (Wildman–Crippen MR) is 103 cm³/mol. The lowest BCUT2D eigenvalue weighted by atomic mass is 10.0. The number of benzene rings is 1. The van der Waals surface area contributed by atoms with Crippen molar-refractivity contribution in [2.75, 3.05) is 19.6 Å². The second-order valence-electron chi connectivity index (χ2n) is 6.83. The Balaban J connectivity index is 1.45. The summed E-state index contributed by atoms with van der Waals surface area (Å²) in [6.07, 6.45) is 0.485. The Bertz CT molecular complexity index is 949. The molecule has 3 amide bonds. The molecule has 4 rings (SSSR count). The van der Waals surface area contributed by atoms with Crippen LogP contribution in [0.5, 0.6) is 0 Å². The van der Waals surface area contributed by atoms with Crippen molar-refractivity contribution in [2.24, 2.45) is 0 Å². The summed E-state index contributed by atoms with van der Waals surface area (Å²) in [6.45, 7) is 0.877. The minimum atomic E-state index is -0.664. The molecule has 8 heteroatoms. The number of nitrogens with one attached hydrogen (secondary N) is 1. The van der Waals surface area contributed by atoms with Gasteiger partial charge in [0.2, 0.25) is 11.8 Å². The van der Waals surface area contributed by atoms with E-state index in [1.54, 1.807) is 45.4 Å². The summed E-state index contributed by atoms with van der Waals surface area (Å²) in [6, 6.07) is 11.1. The van der Waals surface area contributed by atoms with E-state index < -0.39 is 12.1 Å². The third kappa shape index (κ3) is 3.37. The number of fused-ring (bicyclic) bond motifs is 1. The quantitative estimate of drug-likeness (QED) is 0.841. The number of thiophene rings is 1. The molecule has 0 unspecified atom stereocenters. The molecule has 0 aliphatic carbocycles. The second kappa shape index (κ2) is 7.44. The normalized spacial score (nSPS) is 21.7. The van der Waals surface area contributed by atoms with Crippen LogP contribution in [0, 0.1) is 11.3 Å². The van der Waals surface area contributed by atoms with Gasteiger partial charge in [-0.05, 0) is 35.7 Å². The lowest BCUT2D eigenvalue weighted by molar-refractivity contribution is -0.152. The van der Waals surface area contributed by atoms with Crippen molar-refractivity contribution in [1.29, 1.82) is 5.26 Å². The van der Waals surface area contributed by atoms with E-state index in [0.29, 0.717) is 30.6 Å². The van der Waals surface area contributed by atoms with Crippen LogP contribution in [0.4, 0.5) is 0 Å². The molecule has 28 heavy (non-hydrogen) atoms. The van der Waals surface area contributed by atoms with E-state index >= 15 is 0 Å². The second-order valence-corrected chi connectivity index (χ2v) is 7.86. The molecule has 142 valence electrons. The topological polar surface area (TPSA) is 93.5 Å². The fourth-order valence-corrected chi connectivity index (χ4v) is 4.38. The summed E-state index contributed by atoms with van der Waals surface area (Å²) in [5, 5.41) is 13.6. The summed E-state index contributed by atoms with van der Waals surface area (Å²) < 4.78 is 0. The van der Waals surface area contributed by atoms with Crippen molar-refractivity contribution >= 4 is 29.1 Å². The van der Waals surface area contributed by atoms with Crippen molar-refractivity contribution in [2.45, 2.75) is 18.5 Å². The Morgan fingerprint density at radius 3 is 2.68 bits per heavy atom. The first-order valence-electron chi connectivity index (χ1n) is 8.99. The summed E-state index contributed by atoms with van der Waals surface area (Å²) in [7, 11) is 0. The third-order valence-electron chi connectivity index (χ3n) is 5.11. The molecule has 2 aliphatic heterocycles. The highest BCUT2D eigenvalue weighted by Gasteiger charge is 2.44. The van der Waals surface area contributed by atoms with Gasteiger partial charge in [-0.3, -0.25) is 14.4 Å². The van der Waals surface area contributed by atoms with Gasteiger partial charge >= 0.3 is 0 Å². The zero-order chi connectivity index (χ0) is 19.7. The minimum absolute atomic E-state index is 0.0940. The van der Waals surface area contributed by atoms with Gasteiger partial charge in [0.15, 0.2) is 0 Å². The number of rotatable bonds is 3. The molecule has 0 saturated carbocycles. The van der Waals surface area contributed by atoms with Gasteiger partial charge in [-0.1, -0.05) is 6.07 Å². The molecule has 2 atom stereocenters. The van der Waals surface area contributed by atoms with Crippen LogP contribution < -0.4 is 5.32 Å². The molecule has 0 bridgehead atoms. The maximum atomic E-state index is 12.8. The number of amides is 3. The van der Waals surface area contributed by atoms with Crippen LogP contribution in [-0.2, 0) is 16.0 Å². The highest BCUT2D eigenvalue weighted by molar-refractivity contribution is 7.09. The highest BCUT2D eigenvalue weighted by Crippen LogP contribution is 2.21. The molecule has 1 aromatic carbocycles. The fourth-order valence-electron chi connectivity index (χ4n) is 3.62.